The van der Waals surface area contributed by atoms with Gasteiger partial charge in [0.2, 0.25) is 0 Å². The standard InChI is InChI=1S/C16H25NO4/c1-4-16(17-3,15(18)19)11-6-12-21-14-9-7-13(8-10-14)20-5-2/h7-10,17H,4-6,11-12H2,1-3H3,(H,18,19). The number of rotatable bonds is 10. The van der Waals surface area contributed by atoms with Crippen molar-refractivity contribution in [3.8, 4) is 11.5 Å². The summed E-state index contributed by atoms with van der Waals surface area (Å²) < 4.78 is 11.0. The predicted molar refractivity (Wildman–Crippen MR) is 82.1 cm³/mol. The molecule has 5 heteroatoms. The fourth-order valence-corrected chi connectivity index (χ4v) is 2.21. The van der Waals surface area contributed by atoms with Crippen molar-refractivity contribution < 1.29 is 19.4 Å². The van der Waals surface area contributed by atoms with Gasteiger partial charge in [-0.2, -0.15) is 0 Å². The van der Waals surface area contributed by atoms with Gasteiger partial charge in [-0.15, -0.1) is 0 Å². The molecule has 118 valence electrons. The molecule has 1 atom stereocenters. The van der Waals surface area contributed by atoms with Gasteiger partial charge in [-0.3, -0.25) is 4.79 Å². The van der Waals surface area contributed by atoms with Crippen LogP contribution in [0.2, 0.25) is 0 Å². The Morgan fingerprint density at radius 3 is 2.19 bits per heavy atom. The molecule has 1 rings (SSSR count). The van der Waals surface area contributed by atoms with E-state index in [0.717, 1.165) is 11.5 Å². The van der Waals surface area contributed by atoms with Crippen LogP contribution in [0.3, 0.4) is 0 Å². The van der Waals surface area contributed by atoms with Crippen LogP contribution in [0.5, 0.6) is 11.5 Å². The van der Waals surface area contributed by atoms with Crippen molar-refractivity contribution in [2.24, 2.45) is 0 Å². The quantitative estimate of drug-likeness (QED) is 0.650. The molecule has 0 aromatic heterocycles. The smallest absolute Gasteiger partial charge is 0.323 e. The Hall–Kier alpha value is -1.75. The third kappa shape index (κ3) is 4.93. The van der Waals surface area contributed by atoms with E-state index in [0.29, 0.717) is 32.5 Å². The molecular weight excluding hydrogens is 270 g/mol. The number of carboxylic acids is 1. The summed E-state index contributed by atoms with van der Waals surface area (Å²) in [7, 11) is 1.69. The minimum Gasteiger partial charge on any atom is -0.494 e. The van der Waals surface area contributed by atoms with Crippen LogP contribution in [0.4, 0.5) is 0 Å². The van der Waals surface area contributed by atoms with Gasteiger partial charge in [-0.1, -0.05) is 6.92 Å². The molecule has 0 amide bonds. The van der Waals surface area contributed by atoms with Crippen LogP contribution in [-0.2, 0) is 4.79 Å². The van der Waals surface area contributed by atoms with Gasteiger partial charge < -0.3 is 19.9 Å². The second kappa shape index (κ2) is 8.52. The molecule has 21 heavy (non-hydrogen) atoms. The van der Waals surface area contributed by atoms with Crippen LogP contribution in [0.15, 0.2) is 24.3 Å². The normalized spacial score (nSPS) is 13.5. The number of ether oxygens (including phenoxy) is 2. The Morgan fingerprint density at radius 1 is 1.19 bits per heavy atom. The molecule has 1 aromatic rings. The minimum atomic E-state index is -0.859. The number of likely N-dealkylation sites (N-methyl/N-ethyl adjacent to an activating group) is 1. The van der Waals surface area contributed by atoms with Gasteiger partial charge in [0, 0.05) is 0 Å². The Bertz CT molecular complexity index is 426. The maximum Gasteiger partial charge on any atom is 0.323 e. The first-order valence-electron chi connectivity index (χ1n) is 7.36. The molecule has 1 aromatic carbocycles. The topological polar surface area (TPSA) is 67.8 Å². The molecule has 0 bridgehead atoms. The monoisotopic (exact) mass is 295 g/mol. The molecule has 0 aliphatic rings. The number of aliphatic carboxylic acids is 1. The summed E-state index contributed by atoms with van der Waals surface area (Å²) in [4.78, 5) is 11.3. The number of hydrogen-bond acceptors (Lipinski definition) is 4. The lowest BCUT2D eigenvalue weighted by atomic mass is 9.91. The fourth-order valence-electron chi connectivity index (χ4n) is 2.21. The zero-order chi connectivity index (χ0) is 15.7. The second-order valence-electron chi connectivity index (χ2n) is 4.85. The number of carboxylic acid groups (broad SMARTS) is 1. The van der Waals surface area contributed by atoms with E-state index in [4.69, 9.17) is 9.47 Å². The molecule has 0 radical (unpaired) electrons. The highest BCUT2D eigenvalue weighted by molar-refractivity contribution is 5.78. The Morgan fingerprint density at radius 2 is 1.76 bits per heavy atom. The van der Waals surface area contributed by atoms with Gasteiger partial charge in [0.15, 0.2) is 0 Å². The van der Waals surface area contributed by atoms with E-state index in [1.54, 1.807) is 7.05 Å². The largest absolute Gasteiger partial charge is 0.494 e. The summed E-state index contributed by atoms with van der Waals surface area (Å²) in [5, 5.41) is 12.2. The van der Waals surface area contributed by atoms with E-state index < -0.39 is 11.5 Å². The van der Waals surface area contributed by atoms with Gasteiger partial charge in [-0.05, 0) is 57.5 Å². The first-order valence-corrected chi connectivity index (χ1v) is 7.36. The number of hydrogen-bond donors (Lipinski definition) is 2. The van der Waals surface area contributed by atoms with E-state index >= 15 is 0 Å². The molecular formula is C16H25NO4. The summed E-state index contributed by atoms with van der Waals surface area (Å²) in [6.07, 6.45) is 1.75. The highest BCUT2D eigenvalue weighted by Crippen LogP contribution is 2.20. The third-order valence-corrected chi connectivity index (χ3v) is 3.64. The average molecular weight is 295 g/mol. The number of benzene rings is 1. The molecule has 0 saturated carbocycles. The van der Waals surface area contributed by atoms with E-state index in [9.17, 15) is 9.90 Å². The van der Waals surface area contributed by atoms with Crippen LogP contribution >= 0.6 is 0 Å². The maximum absolute atomic E-state index is 11.3. The highest BCUT2D eigenvalue weighted by Gasteiger charge is 2.34. The van der Waals surface area contributed by atoms with E-state index in [1.165, 1.54) is 0 Å². The molecule has 2 N–H and O–H groups in total. The van der Waals surface area contributed by atoms with Gasteiger partial charge in [0.1, 0.15) is 17.0 Å². The fraction of sp³-hybridized carbons (Fsp3) is 0.562. The second-order valence-corrected chi connectivity index (χ2v) is 4.85. The average Bonchev–Trinajstić information content (AvgIpc) is 2.49. The van der Waals surface area contributed by atoms with Crippen molar-refractivity contribution in [2.75, 3.05) is 20.3 Å². The van der Waals surface area contributed by atoms with E-state index in [-0.39, 0.29) is 0 Å². The molecule has 5 nitrogen and oxygen atoms in total. The number of carbonyl (C=O) groups is 1. The molecule has 0 fully saturated rings. The van der Waals surface area contributed by atoms with Crippen molar-refractivity contribution in [2.45, 2.75) is 38.6 Å². The highest BCUT2D eigenvalue weighted by atomic mass is 16.5. The van der Waals surface area contributed by atoms with Crippen LogP contribution in [-0.4, -0.2) is 36.9 Å². The van der Waals surface area contributed by atoms with Crippen molar-refractivity contribution in [3.05, 3.63) is 24.3 Å². The lowest BCUT2D eigenvalue weighted by Gasteiger charge is -2.27. The van der Waals surface area contributed by atoms with Gasteiger partial charge in [-0.25, -0.2) is 0 Å². The Kier molecular flexibility index (Phi) is 7.02. The Labute approximate surface area is 126 Å². The van der Waals surface area contributed by atoms with Crippen LogP contribution < -0.4 is 14.8 Å². The SMILES string of the molecule is CCOc1ccc(OCCCC(CC)(NC)C(=O)O)cc1. The predicted octanol–water partition coefficient (Wildman–Crippen LogP) is 2.70. The summed E-state index contributed by atoms with van der Waals surface area (Å²) in [6, 6.07) is 7.43. The minimum absolute atomic E-state index is 0.491. The van der Waals surface area contributed by atoms with Crippen LogP contribution in [0.1, 0.15) is 33.1 Å². The molecule has 0 spiro atoms. The first kappa shape index (κ1) is 17.3. The van der Waals surface area contributed by atoms with Crippen molar-refractivity contribution >= 4 is 5.97 Å². The zero-order valence-corrected chi connectivity index (χ0v) is 13.0. The maximum atomic E-state index is 11.3. The van der Waals surface area contributed by atoms with Crippen LogP contribution in [0.25, 0.3) is 0 Å². The molecule has 0 aliphatic heterocycles. The first-order chi connectivity index (χ1) is 10.1. The van der Waals surface area contributed by atoms with Gasteiger partial charge in [0.25, 0.3) is 0 Å². The molecule has 0 aliphatic carbocycles. The van der Waals surface area contributed by atoms with Crippen LogP contribution in [0, 0.1) is 0 Å². The lowest BCUT2D eigenvalue weighted by Crippen LogP contribution is -2.50. The van der Waals surface area contributed by atoms with E-state index in [2.05, 4.69) is 5.32 Å². The molecule has 0 heterocycles. The van der Waals surface area contributed by atoms with E-state index in [1.807, 2.05) is 38.1 Å². The van der Waals surface area contributed by atoms with Gasteiger partial charge >= 0.3 is 5.97 Å². The van der Waals surface area contributed by atoms with Crippen molar-refractivity contribution in [1.82, 2.24) is 5.32 Å². The Balaban J connectivity index is 2.41. The van der Waals surface area contributed by atoms with Crippen molar-refractivity contribution in [1.29, 1.82) is 0 Å². The summed E-state index contributed by atoms with van der Waals surface area (Å²) in [5.41, 5.74) is -0.859. The zero-order valence-electron chi connectivity index (χ0n) is 13.0. The summed E-state index contributed by atoms with van der Waals surface area (Å²) in [5.74, 6) is 0.768. The summed E-state index contributed by atoms with van der Waals surface area (Å²) in [6.45, 7) is 4.94. The third-order valence-electron chi connectivity index (χ3n) is 3.64. The lowest BCUT2D eigenvalue weighted by molar-refractivity contribution is -0.145. The van der Waals surface area contributed by atoms with Gasteiger partial charge in [0.05, 0.1) is 13.2 Å². The molecule has 1 unspecified atom stereocenters. The molecule has 0 saturated heterocycles. The summed E-state index contributed by atoms with van der Waals surface area (Å²) >= 11 is 0. The van der Waals surface area contributed by atoms with Crippen molar-refractivity contribution in [3.63, 3.8) is 0 Å². The number of nitrogens with one attached hydrogen (secondary N) is 1.